The van der Waals surface area contributed by atoms with Crippen molar-refractivity contribution in [1.82, 2.24) is 9.88 Å². The van der Waals surface area contributed by atoms with Crippen molar-refractivity contribution in [2.24, 2.45) is 5.92 Å². The van der Waals surface area contributed by atoms with Gasteiger partial charge in [0, 0.05) is 62.4 Å². The van der Waals surface area contributed by atoms with Gasteiger partial charge in [-0.05, 0) is 49.7 Å². The number of aromatic nitrogens is 1. The third kappa shape index (κ3) is 4.14. The van der Waals surface area contributed by atoms with Crippen LogP contribution in [0.1, 0.15) is 31.0 Å². The van der Waals surface area contributed by atoms with Crippen molar-refractivity contribution < 1.29 is 9.53 Å². The van der Waals surface area contributed by atoms with Gasteiger partial charge in [-0.25, -0.2) is 0 Å². The lowest BCUT2D eigenvalue weighted by Crippen LogP contribution is -2.45. The number of hydrogen-bond acceptors (Lipinski definition) is 5. The van der Waals surface area contributed by atoms with Gasteiger partial charge in [-0.3, -0.25) is 9.78 Å². The number of pyridine rings is 1. The summed E-state index contributed by atoms with van der Waals surface area (Å²) in [6.45, 7) is 8.72. The Bertz CT molecular complexity index is 949. The van der Waals surface area contributed by atoms with Gasteiger partial charge in [-0.15, -0.1) is 0 Å². The summed E-state index contributed by atoms with van der Waals surface area (Å²) < 4.78 is 5.41. The lowest BCUT2D eigenvalue weighted by atomic mass is 9.81. The minimum atomic E-state index is -0.0120. The number of piperidine rings is 1. The zero-order valence-electron chi connectivity index (χ0n) is 19.3. The lowest BCUT2D eigenvalue weighted by molar-refractivity contribution is -0.123. The Balaban J connectivity index is 1.30. The first-order valence-electron chi connectivity index (χ1n) is 11.9. The number of benzene rings is 1. The van der Waals surface area contributed by atoms with Crippen LogP contribution in [0.25, 0.3) is 0 Å². The summed E-state index contributed by atoms with van der Waals surface area (Å²) in [5, 5.41) is 0. The topological polar surface area (TPSA) is 48.9 Å². The third-order valence-electron chi connectivity index (χ3n) is 7.42. The summed E-state index contributed by atoms with van der Waals surface area (Å²) in [5.74, 6) is 0.222. The van der Waals surface area contributed by atoms with Crippen molar-refractivity contribution in [2.45, 2.75) is 31.6 Å². The van der Waals surface area contributed by atoms with Crippen LogP contribution in [0.2, 0.25) is 0 Å². The van der Waals surface area contributed by atoms with Gasteiger partial charge in [0.25, 0.3) is 0 Å². The second-order valence-corrected chi connectivity index (χ2v) is 9.89. The van der Waals surface area contributed by atoms with Crippen LogP contribution in [0.5, 0.6) is 0 Å². The van der Waals surface area contributed by atoms with E-state index in [1.807, 2.05) is 17.2 Å². The normalized spacial score (nSPS) is 23.8. The predicted octanol–water partition coefficient (Wildman–Crippen LogP) is 3.11. The van der Waals surface area contributed by atoms with E-state index in [9.17, 15) is 4.79 Å². The maximum atomic E-state index is 13.5. The molecule has 5 rings (SSSR count). The number of rotatable bonds is 5. The Hall–Kier alpha value is -2.44. The van der Waals surface area contributed by atoms with Gasteiger partial charge < -0.3 is 19.4 Å². The summed E-state index contributed by atoms with van der Waals surface area (Å²) in [7, 11) is 2.17. The summed E-state index contributed by atoms with van der Waals surface area (Å²) in [6.07, 6.45) is 4.54. The molecule has 1 aromatic heterocycles. The van der Waals surface area contributed by atoms with E-state index in [0.717, 1.165) is 70.2 Å². The van der Waals surface area contributed by atoms with Gasteiger partial charge in [0.15, 0.2) is 0 Å². The molecular formula is C26H34N4O2. The Labute approximate surface area is 191 Å². The largest absolute Gasteiger partial charge is 0.379 e. The molecule has 3 aliphatic rings. The zero-order chi connectivity index (χ0) is 22.1. The second-order valence-electron chi connectivity index (χ2n) is 9.89. The number of likely N-dealkylation sites (N-methyl/N-ethyl adjacent to an activating group) is 1. The average Bonchev–Trinajstić information content (AvgIpc) is 2.80. The minimum Gasteiger partial charge on any atom is -0.379 e. The first kappa shape index (κ1) is 21.4. The van der Waals surface area contributed by atoms with E-state index >= 15 is 0 Å². The average molecular weight is 435 g/mol. The van der Waals surface area contributed by atoms with Crippen molar-refractivity contribution in [3.63, 3.8) is 0 Å². The molecule has 1 amide bonds. The van der Waals surface area contributed by atoms with E-state index in [0.29, 0.717) is 6.42 Å². The molecule has 170 valence electrons. The molecule has 4 heterocycles. The molecular weight excluding hydrogens is 400 g/mol. The fourth-order valence-electron chi connectivity index (χ4n) is 5.17. The van der Waals surface area contributed by atoms with E-state index < -0.39 is 0 Å². The molecule has 3 aliphatic heterocycles. The standard InChI is InChI=1S/C26H34N4O2/c1-26(18-32-19-26)21-7-9-22(10-8-21)30-12-4-5-20(25(30)31)17-23-24(6-3-11-27-23)29-15-13-28(2)14-16-29/h3,6-11,20H,4-5,12-19H2,1-2H3. The highest BCUT2D eigenvalue weighted by Gasteiger charge is 2.36. The first-order chi connectivity index (χ1) is 15.5. The van der Waals surface area contributed by atoms with E-state index in [2.05, 4.69) is 54.1 Å². The molecule has 0 saturated carbocycles. The Morgan fingerprint density at radius 2 is 1.81 bits per heavy atom. The van der Waals surface area contributed by atoms with E-state index in [1.165, 1.54) is 11.3 Å². The van der Waals surface area contributed by atoms with Crippen LogP contribution >= 0.6 is 0 Å². The number of piperazine rings is 1. The first-order valence-corrected chi connectivity index (χ1v) is 11.9. The Kier molecular flexibility index (Phi) is 5.91. The molecule has 0 N–H and O–H groups in total. The molecule has 0 radical (unpaired) electrons. The van der Waals surface area contributed by atoms with Crippen LogP contribution in [0.15, 0.2) is 42.6 Å². The number of amides is 1. The number of carbonyl (C=O) groups is 1. The monoisotopic (exact) mass is 434 g/mol. The number of carbonyl (C=O) groups excluding carboxylic acids is 1. The Morgan fingerprint density at radius 1 is 1.06 bits per heavy atom. The number of nitrogens with zero attached hydrogens (tertiary/aromatic N) is 4. The van der Waals surface area contributed by atoms with Crippen LogP contribution < -0.4 is 9.80 Å². The van der Waals surface area contributed by atoms with Crippen molar-refractivity contribution in [2.75, 3.05) is 62.8 Å². The minimum absolute atomic E-state index is 0.0120. The molecule has 0 spiro atoms. The van der Waals surface area contributed by atoms with E-state index in [1.54, 1.807) is 0 Å². The van der Waals surface area contributed by atoms with Crippen molar-refractivity contribution >= 4 is 17.3 Å². The molecule has 32 heavy (non-hydrogen) atoms. The van der Waals surface area contributed by atoms with Crippen molar-refractivity contribution in [3.8, 4) is 0 Å². The van der Waals surface area contributed by atoms with E-state index in [-0.39, 0.29) is 17.2 Å². The maximum Gasteiger partial charge on any atom is 0.230 e. The maximum absolute atomic E-state index is 13.5. The SMILES string of the molecule is CN1CCN(c2cccnc2CC2CCCN(c3ccc(C4(C)COC4)cc3)C2=O)CC1. The summed E-state index contributed by atoms with van der Waals surface area (Å²) >= 11 is 0. The van der Waals surface area contributed by atoms with E-state index in [4.69, 9.17) is 9.72 Å². The van der Waals surface area contributed by atoms with Crippen LogP contribution in [0, 0.1) is 5.92 Å². The molecule has 1 atom stereocenters. The number of anilines is 2. The summed E-state index contributed by atoms with van der Waals surface area (Å²) in [5.41, 5.74) is 4.67. The fourth-order valence-corrected chi connectivity index (χ4v) is 5.17. The third-order valence-corrected chi connectivity index (χ3v) is 7.42. The zero-order valence-corrected chi connectivity index (χ0v) is 19.3. The molecule has 6 heteroatoms. The second kappa shape index (κ2) is 8.83. The van der Waals surface area contributed by atoms with Gasteiger partial charge in [0.2, 0.25) is 5.91 Å². The Morgan fingerprint density at radius 3 is 2.50 bits per heavy atom. The number of hydrogen-bond donors (Lipinski definition) is 0. The molecule has 1 aromatic carbocycles. The van der Waals surface area contributed by atoms with Crippen LogP contribution in [0.4, 0.5) is 11.4 Å². The quantitative estimate of drug-likeness (QED) is 0.724. The smallest absolute Gasteiger partial charge is 0.230 e. The lowest BCUT2D eigenvalue weighted by Gasteiger charge is -2.39. The van der Waals surface area contributed by atoms with Gasteiger partial charge >= 0.3 is 0 Å². The van der Waals surface area contributed by atoms with Crippen LogP contribution in [-0.4, -0.2) is 68.8 Å². The van der Waals surface area contributed by atoms with Gasteiger partial charge in [-0.2, -0.15) is 0 Å². The molecule has 3 saturated heterocycles. The molecule has 1 unspecified atom stereocenters. The highest BCUT2D eigenvalue weighted by molar-refractivity contribution is 5.96. The molecule has 3 fully saturated rings. The fraction of sp³-hybridized carbons (Fsp3) is 0.538. The van der Waals surface area contributed by atoms with Crippen molar-refractivity contribution in [1.29, 1.82) is 0 Å². The highest BCUT2D eigenvalue weighted by Crippen LogP contribution is 2.34. The van der Waals surface area contributed by atoms with Crippen LogP contribution in [-0.2, 0) is 21.4 Å². The van der Waals surface area contributed by atoms with Gasteiger partial charge in [0.05, 0.1) is 24.6 Å². The molecule has 6 nitrogen and oxygen atoms in total. The molecule has 0 bridgehead atoms. The van der Waals surface area contributed by atoms with Gasteiger partial charge in [0.1, 0.15) is 0 Å². The highest BCUT2D eigenvalue weighted by atomic mass is 16.5. The summed E-state index contributed by atoms with van der Waals surface area (Å²) in [4.78, 5) is 25.0. The van der Waals surface area contributed by atoms with Crippen LogP contribution in [0.3, 0.4) is 0 Å². The number of ether oxygens (including phenoxy) is 1. The van der Waals surface area contributed by atoms with Gasteiger partial charge in [-0.1, -0.05) is 19.1 Å². The summed E-state index contributed by atoms with van der Waals surface area (Å²) in [6, 6.07) is 12.7. The molecule has 2 aromatic rings. The predicted molar refractivity (Wildman–Crippen MR) is 127 cm³/mol. The molecule has 0 aliphatic carbocycles. The van der Waals surface area contributed by atoms with Crippen molar-refractivity contribution in [3.05, 3.63) is 53.9 Å².